The highest BCUT2D eigenvalue weighted by Gasteiger charge is 2.17. The highest BCUT2D eigenvalue weighted by atomic mass is 19.3. The van der Waals surface area contributed by atoms with E-state index < -0.39 is 12.3 Å². The summed E-state index contributed by atoms with van der Waals surface area (Å²) in [6, 6.07) is 10.4. The van der Waals surface area contributed by atoms with E-state index in [0.29, 0.717) is 35.1 Å². The molecule has 3 aromatic heterocycles. The minimum atomic E-state index is -2.80. The number of nitrogens with two attached hydrogens (primary N) is 1. The number of hydrogen-bond acceptors (Lipinski definition) is 8. The van der Waals surface area contributed by atoms with Crippen molar-refractivity contribution in [2.24, 2.45) is 0 Å². The van der Waals surface area contributed by atoms with Crippen LogP contribution in [0, 0.1) is 0 Å². The summed E-state index contributed by atoms with van der Waals surface area (Å²) in [6.45, 7) is 0. The van der Waals surface area contributed by atoms with E-state index in [1.54, 1.807) is 42.6 Å². The lowest BCUT2D eigenvalue weighted by atomic mass is 10.1. The van der Waals surface area contributed by atoms with Crippen LogP contribution in [0.2, 0.25) is 0 Å². The third kappa shape index (κ3) is 3.64. The molecule has 4 rings (SSSR count). The Morgan fingerprint density at radius 3 is 2.41 bits per heavy atom. The summed E-state index contributed by atoms with van der Waals surface area (Å²) >= 11 is 0. The van der Waals surface area contributed by atoms with Gasteiger partial charge in [0.05, 0.1) is 5.56 Å². The lowest BCUT2D eigenvalue weighted by Crippen LogP contribution is -1.92. The van der Waals surface area contributed by atoms with Crippen molar-refractivity contribution in [3.8, 4) is 22.9 Å². The Morgan fingerprint density at radius 2 is 1.74 bits per heavy atom. The van der Waals surface area contributed by atoms with Crippen LogP contribution in [-0.2, 0) is 6.42 Å². The van der Waals surface area contributed by atoms with Crippen LogP contribution in [0.5, 0.6) is 0 Å². The molecule has 0 aliphatic carbocycles. The zero-order valence-corrected chi connectivity index (χ0v) is 13.7. The molecule has 0 atom stereocenters. The zero-order chi connectivity index (χ0) is 18.8. The lowest BCUT2D eigenvalue weighted by Gasteiger charge is -1.99. The second kappa shape index (κ2) is 6.90. The molecule has 0 saturated carbocycles. The molecule has 0 aliphatic heterocycles. The molecule has 10 heteroatoms. The highest BCUT2D eigenvalue weighted by Crippen LogP contribution is 2.24. The average molecular weight is 370 g/mol. The molecule has 4 aromatic rings. The van der Waals surface area contributed by atoms with Crippen molar-refractivity contribution in [3.05, 3.63) is 59.9 Å². The Bertz CT molecular complexity index is 1040. The first-order valence-electron chi connectivity index (χ1n) is 7.84. The molecule has 8 nitrogen and oxygen atoms in total. The van der Waals surface area contributed by atoms with E-state index >= 15 is 0 Å². The maximum absolute atomic E-state index is 12.5. The van der Waals surface area contributed by atoms with Crippen LogP contribution in [0.1, 0.15) is 23.7 Å². The van der Waals surface area contributed by atoms with Gasteiger partial charge in [-0.05, 0) is 29.8 Å². The number of rotatable bonds is 5. The lowest BCUT2D eigenvalue weighted by molar-refractivity contribution is 0.116. The first kappa shape index (κ1) is 16.8. The smallest absolute Gasteiger partial charge is 0.314 e. The largest absolute Gasteiger partial charge is 0.415 e. The number of nitrogen functional groups attached to an aromatic ring is 1. The Hall–Kier alpha value is -3.69. The van der Waals surface area contributed by atoms with Gasteiger partial charge < -0.3 is 14.7 Å². The summed E-state index contributed by atoms with van der Waals surface area (Å²) in [6.07, 6.45) is -0.813. The molecule has 0 aliphatic rings. The summed E-state index contributed by atoms with van der Waals surface area (Å²) in [7, 11) is 0. The predicted octanol–water partition coefficient (Wildman–Crippen LogP) is 3.29. The molecular formula is C17H12F2N6O2. The molecule has 0 radical (unpaired) electrons. The molecule has 1 aromatic carbocycles. The van der Waals surface area contributed by atoms with E-state index in [2.05, 4.69) is 25.3 Å². The van der Waals surface area contributed by atoms with Gasteiger partial charge in [-0.2, -0.15) is 13.8 Å². The molecule has 0 unspecified atom stereocenters. The summed E-state index contributed by atoms with van der Waals surface area (Å²) < 4.78 is 35.2. The van der Waals surface area contributed by atoms with Crippen molar-refractivity contribution >= 4 is 5.82 Å². The number of alkyl halides is 2. The Morgan fingerprint density at radius 1 is 0.963 bits per heavy atom. The van der Waals surface area contributed by atoms with Crippen LogP contribution in [0.25, 0.3) is 22.9 Å². The third-order valence-corrected chi connectivity index (χ3v) is 3.69. The van der Waals surface area contributed by atoms with Crippen LogP contribution in [0.15, 0.2) is 51.5 Å². The summed E-state index contributed by atoms with van der Waals surface area (Å²) in [4.78, 5) is 8.31. The van der Waals surface area contributed by atoms with Crippen LogP contribution >= 0.6 is 0 Å². The van der Waals surface area contributed by atoms with Crippen LogP contribution < -0.4 is 5.73 Å². The van der Waals surface area contributed by atoms with Gasteiger partial charge in [-0.1, -0.05) is 17.3 Å². The van der Waals surface area contributed by atoms with Gasteiger partial charge in [-0.3, -0.25) is 0 Å². The Kier molecular flexibility index (Phi) is 4.29. The predicted molar refractivity (Wildman–Crippen MR) is 89.4 cm³/mol. The minimum Gasteiger partial charge on any atom is -0.415 e. The molecule has 0 bridgehead atoms. The molecule has 0 spiro atoms. The fraction of sp³-hybridized carbons (Fsp3) is 0.118. The first-order chi connectivity index (χ1) is 13.1. The van der Waals surface area contributed by atoms with Gasteiger partial charge in [0.1, 0.15) is 5.82 Å². The number of nitrogens with zero attached hydrogens (tertiary/aromatic N) is 5. The van der Waals surface area contributed by atoms with Crippen molar-refractivity contribution in [1.29, 1.82) is 0 Å². The SMILES string of the molecule is Nc1ccc(-c2nc(Cc3ccc(-c4nnc(C(F)F)o4)cc3)no2)cn1. The van der Waals surface area contributed by atoms with Crippen molar-refractivity contribution in [2.75, 3.05) is 5.73 Å². The maximum atomic E-state index is 12.5. The topological polar surface area (TPSA) is 117 Å². The number of anilines is 1. The summed E-state index contributed by atoms with van der Waals surface area (Å²) in [5.74, 6) is 0.576. The fourth-order valence-corrected chi connectivity index (χ4v) is 2.36. The first-order valence-corrected chi connectivity index (χ1v) is 7.84. The van der Waals surface area contributed by atoms with Gasteiger partial charge in [0.25, 0.3) is 11.8 Å². The number of halogens is 2. The molecule has 2 N–H and O–H groups in total. The van der Waals surface area contributed by atoms with Gasteiger partial charge in [-0.25, -0.2) is 4.98 Å². The molecule has 27 heavy (non-hydrogen) atoms. The molecule has 136 valence electrons. The Labute approximate surface area is 151 Å². The van der Waals surface area contributed by atoms with Crippen molar-refractivity contribution < 1.29 is 17.7 Å². The quantitative estimate of drug-likeness (QED) is 0.569. The van der Waals surface area contributed by atoms with E-state index in [9.17, 15) is 8.78 Å². The van der Waals surface area contributed by atoms with Gasteiger partial charge in [-0.15, -0.1) is 10.2 Å². The third-order valence-electron chi connectivity index (χ3n) is 3.69. The van der Waals surface area contributed by atoms with Crippen LogP contribution in [0.4, 0.5) is 14.6 Å². The molecule has 0 amide bonds. The van der Waals surface area contributed by atoms with Crippen LogP contribution in [-0.4, -0.2) is 25.3 Å². The van der Waals surface area contributed by atoms with Crippen molar-refractivity contribution in [3.63, 3.8) is 0 Å². The standard InChI is InChI=1S/C17H12F2N6O2/c18-14(19)17-24-23-16(26-17)10-3-1-9(2-4-10)7-13-22-15(27-25-13)11-5-6-12(20)21-8-11/h1-6,8,14H,7H2,(H2,20,21). The number of pyridine rings is 1. The molecular weight excluding hydrogens is 358 g/mol. The van der Waals surface area contributed by atoms with Gasteiger partial charge in [0.2, 0.25) is 5.89 Å². The van der Waals surface area contributed by atoms with E-state index in [4.69, 9.17) is 14.7 Å². The zero-order valence-electron chi connectivity index (χ0n) is 13.7. The average Bonchev–Trinajstić information content (AvgIpc) is 3.33. The highest BCUT2D eigenvalue weighted by molar-refractivity contribution is 5.54. The second-order valence-corrected chi connectivity index (χ2v) is 5.61. The van der Waals surface area contributed by atoms with E-state index in [0.717, 1.165) is 5.56 Å². The Balaban J connectivity index is 1.48. The number of hydrogen-bond donors (Lipinski definition) is 1. The maximum Gasteiger partial charge on any atom is 0.314 e. The normalized spacial score (nSPS) is 11.2. The second-order valence-electron chi connectivity index (χ2n) is 5.61. The minimum absolute atomic E-state index is 0.0366. The van der Waals surface area contributed by atoms with Gasteiger partial charge in [0, 0.05) is 18.2 Å². The number of aromatic nitrogens is 5. The van der Waals surface area contributed by atoms with E-state index in [-0.39, 0.29) is 5.89 Å². The van der Waals surface area contributed by atoms with E-state index in [1.165, 1.54) is 0 Å². The monoisotopic (exact) mass is 370 g/mol. The summed E-state index contributed by atoms with van der Waals surface area (Å²) in [5, 5.41) is 10.9. The van der Waals surface area contributed by atoms with Crippen LogP contribution in [0.3, 0.4) is 0 Å². The van der Waals surface area contributed by atoms with Gasteiger partial charge >= 0.3 is 6.43 Å². The van der Waals surface area contributed by atoms with Crippen molar-refractivity contribution in [2.45, 2.75) is 12.8 Å². The fourth-order valence-electron chi connectivity index (χ4n) is 2.36. The molecule has 0 fully saturated rings. The summed E-state index contributed by atoms with van der Waals surface area (Å²) in [5.41, 5.74) is 7.66. The molecule has 3 heterocycles. The van der Waals surface area contributed by atoms with Crippen molar-refractivity contribution in [1.82, 2.24) is 25.3 Å². The van der Waals surface area contributed by atoms with Gasteiger partial charge in [0.15, 0.2) is 5.82 Å². The number of benzene rings is 1. The van der Waals surface area contributed by atoms with E-state index in [1.807, 2.05) is 0 Å². The molecule has 0 saturated heterocycles.